The van der Waals surface area contributed by atoms with E-state index in [-0.39, 0.29) is 17.0 Å². The van der Waals surface area contributed by atoms with E-state index in [4.69, 9.17) is 0 Å². The molecule has 0 unspecified atom stereocenters. The minimum atomic E-state index is 0. The van der Waals surface area contributed by atoms with Crippen LogP contribution in [-0.4, -0.2) is 25.5 Å². The van der Waals surface area contributed by atoms with E-state index in [1.807, 2.05) is 0 Å². The molecule has 1 aromatic carbocycles. The molecule has 0 aliphatic carbocycles. The maximum absolute atomic E-state index is 2.27. The normalized spacial score (nSPS) is 9.96. The third kappa shape index (κ3) is 19.6. The lowest BCUT2D eigenvalue weighted by atomic mass is 10.1. The van der Waals surface area contributed by atoms with Gasteiger partial charge in [-0.3, -0.25) is 0 Å². The van der Waals surface area contributed by atoms with Crippen molar-refractivity contribution >= 4 is 17.0 Å². The first-order chi connectivity index (χ1) is 10.7. The fourth-order valence-electron chi connectivity index (χ4n) is 2.41. The number of unbranched alkanes of at least 4 members (excludes halogenated alkanes) is 7. The monoisotopic (exact) mass is 385 g/mol. The van der Waals surface area contributed by atoms with Crippen LogP contribution in [0.2, 0.25) is 0 Å². The molecule has 0 radical (unpaired) electrons. The van der Waals surface area contributed by atoms with Crippen LogP contribution < -0.4 is 0 Å². The van der Waals surface area contributed by atoms with Crippen molar-refractivity contribution in [2.75, 3.05) is 20.6 Å². The first kappa shape index (κ1) is 24.9. The van der Waals surface area contributed by atoms with E-state index in [1.54, 1.807) is 0 Å². The zero-order valence-electron chi connectivity index (χ0n) is 16.0. The molecular weight excluding hydrogens is 346 g/mol. The van der Waals surface area contributed by atoms with Crippen LogP contribution in [0.25, 0.3) is 0 Å². The number of aryl methyl sites for hydroxylation is 1. The van der Waals surface area contributed by atoms with Crippen LogP contribution in [0.15, 0.2) is 30.3 Å². The first-order valence-electron chi connectivity index (χ1n) is 9.39. The Morgan fingerprint density at radius 2 is 1.22 bits per heavy atom. The van der Waals surface area contributed by atoms with Gasteiger partial charge in [-0.15, -0.1) is 17.0 Å². The molecule has 0 amide bonds. The second kappa shape index (κ2) is 19.7. The van der Waals surface area contributed by atoms with E-state index in [9.17, 15) is 0 Å². The Morgan fingerprint density at radius 3 is 1.74 bits per heavy atom. The third-order valence-electron chi connectivity index (χ3n) is 3.87. The van der Waals surface area contributed by atoms with Gasteiger partial charge in [-0.05, 0) is 45.5 Å². The van der Waals surface area contributed by atoms with Crippen LogP contribution >= 0.6 is 17.0 Å². The van der Waals surface area contributed by atoms with Crippen LogP contribution in [0.3, 0.4) is 0 Å². The lowest BCUT2D eigenvalue weighted by Gasteiger charge is -2.08. The largest absolute Gasteiger partial charge is 0.309 e. The molecule has 23 heavy (non-hydrogen) atoms. The number of benzene rings is 1. The summed E-state index contributed by atoms with van der Waals surface area (Å²) in [4.78, 5) is 2.27. The Labute approximate surface area is 156 Å². The van der Waals surface area contributed by atoms with Crippen LogP contribution in [-0.2, 0) is 6.42 Å². The van der Waals surface area contributed by atoms with Gasteiger partial charge in [-0.1, -0.05) is 89.1 Å². The Hall–Kier alpha value is -0.340. The molecule has 1 rings (SSSR count). The summed E-state index contributed by atoms with van der Waals surface area (Å²) < 4.78 is 0. The van der Waals surface area contributed by atoms with E-state index in [0.717, 1.165) is 0 Å². The van der Waals surface area contributed by atoms with Crippen molar-refractivity contribution in [1.82, 2.24) is 4.90 Å². The van der Waals surface area contributed by atoms with Gasteiger partial charge in [-0.25, -0.2) is 0 Å². The fraction of sp³-hybridized carbons (Fsp3) is 0.714. The van der Waals surface area contributed by atoms with Crippen LogP contribution in [0.4, 0.5) is 0 Å². The van der Waals surface area contributed by atoms with Crippen molar-refractivity contribution in [3.05, 3.63) is 35.9 Å². The lowest BCUT2D eigenvalue weighted by molar-refractivity contribution is 0.389. The minimum absolute atomic E-state index is 0. The van der Waals surface area contributed by atoms with Gasteiger partial charge < -0.3 is 4.90 Å². The standard InChI is InChI=1S/C11H25N.C10H14.BrH/c1-4-5-6-7-8-9-10-11-12(2)3;1-2-3-7-10-8-5-4-6-9-10;/h4-11H2,1-3H3;4-6,8-9H,2-3,7H2,1H3;1H. The number of hydrogen-bond acceptors (Lipinski definition) is 1. The smallest absolute Gasteiger partial charge is 0.00248 e. The SMILES string of the molecule is Br.CCCCCCCCCN(C)C.CCCCc1ccccc1. The van der Waals surface area contributed by atoms with E-state index in [0.29, 0.717) is 0 Å². The highest BCUT2D eigenvalue weighted by atomic mass is 79.9. The molecule has 0 aliphatic rings. The van der Waals surface area contributed by atoms with Gasteiger partial charge in [0, 0.05) is 0 Å². The second-order valence-electron chi connectivity index (χ2n) is 6.51. The van der Waals surface area contributed by atoms with Gasteiger partial charge in [0.1, 0.15) is 0 Å². The third-order valence-corrected chi connectivity index (χ3v) is 3.87. The van der Waals surface area contributed by atoms with E-state index >= 15 is 0 Å². The Bertz CT molecular complexity index is 311. The highest BCUT2D eigenvalue weighted by molar-refractivity contribution is 8.93. The van der Waals surface area contributed by atoms with Gasteiger partial charge in [0.2, 0.25) is 0 Å². The number of nitrogens with zero attached hydrogens (tertiary/aromatic N) is 1. The summed E-state index contributed by atoms with van der Waals surface area (Å²) in [6, 6.07) is 10.6. The molecule has 136 valence electrons. The average Bonchev–Trinajstić information content (AvgIpc) is 2.53. The molecule has 0 aromatic heterocycles. The Kier molecular flexibility index (Phi) is 21.3. The van der Waals surface area contributed by atoms with Crippen LogP contribution in [0.5, 0.6) is 0 Å². The second-order valence-corrected chi connectivity index (χ2v) is 6.51. The quantitative estimate of drug-likeness (QED) is 0.374. The van der Waals surface area contributed by atoms with Crippen molar-refractivity contribution in [2.45, 2.75) is 78.1 Å². The van der Waals surface area contributed by atoms with Crippen molar-refractivity contribution in [3.8, 4) is 0 Å². The van der Waals surface area contributed by atoms with Crippen molar-refractivity contribution in [3.63, 3.8) is 0 Å². The molecule has 0 saturated carbocycles. The molecule has 1 nitrogen and oxygen atoms in total. The molecule has 0 N–H and O–H groups in total. The molecule has 0 fully saturated rings. The Morgan fingerprint density at radius 1 is 0.696 bits per heavy atom. The van der Waals surface area contributed by atoms with E-state index in [1.165, 1.54) is 76.3 Å². The molecule has 0 spiro atoms. The summed E-state index contributed by atoms with van der Waals surface area (Å²) in [6.45, 7) is 5.75. The summed E-state index contributed by atoms with van der Waals surface area (Å²) >= 11 is 0. The summed E-state index contributed by atoms with van der Waals surface area (Å²) in [6.07, 6.45) is 13.7. The predicted octanol–water partition coefficient (Wildman–Crippen LogP) is 6.91. The zero-order valence-corrected chi connectivity index (χ0v) is 17.7. The summed E-state index contributed by atoms with van der Waals surface area (Å²) in [5.74, 6) is 0. The van der Waals surface area contributed by atoms with E-state index < -0.39 is 0 Å². The lowest BCUT2D eigenvalue weighted by Crippen LogP contribution is -2.12. The van der Waals surface area contributed by atoms with Gasteiger partial charge in [0.25, 0.3) is 0 Å². The van der Waals surface area contributed by atoms with Gasteiger partial charge in [-0.2, -0.15) is 0 Å². The molecule has 2 heteroatoms. The fourth-order valence-corrected chi connectivity index (χ4v) is 2.41. The number of halogens is 1. The maximum Gasteiger partial charge on any atom is -0.00248 e. The van der Waals surface area contributed by atoms with E-state index in [2.05, 4.69) is 63.2 Å². The predicted molar refractivity (Wildman–Crippen MR) is 112 cm³/mol. The van der Waals surface area contributed by atoms with Crippen molar-refractivity contribution < 1.29 is 0 Å². The van der Waals surface area contributed by atoms with Crippen molar-refractivity contribution in [1.29, 1.82) is 0 Å². The summed E-state index contributed by atoms with van der Waals surface area (Å²) in [7, 11) is 4.30. The zero-order chi connectivity index (χ0) is 16.5. The minimum Gasteiger partial charge on any atom is -0.309 e. The average molecular weight is 386 g/mol. The van der Waals surface area contributed by atoms with Crippen LogP contribution in [0, 0.1) is 0 Å². The Balaban J connectivity index is 0. The maximum atomic E-state index is 2.27. The highest BCUT2D eigenvalue weighted by Gasteiger charge is 1.91. The molecular formula is C21H40BrN. The first-order valence-corrected chi connectivity index (χ1v) is 9.39. The molecule has 0 atom stereocenters. The molecule has 0 aliphatic heterocycles. The number of hydrogen-bond donors (Lipinski definition) is 0. The molecule has 0 saturated heterocycles. The summed E-state index contributed by atoms with van der Waals surface area (Å²) in [5.41, 5.74) is 1.46. The van der Waals surface area contributed by atoms with Crippen LogP contribution in [0.1, 0.15) is 77.2 Å². The van der Waals surface area contributed by atoms with Gasteiger partial charge >= 0.3 is 0 Å². The molecule has 0 heterocycles. The molecule has 1 aromatic rings. The number of rotatable bonds is 11. The highest BCUT2D eigenvalue weighted by Crippen LogP contribution is 2.06. The van der Waals surface area contributed by atoms with Gasteiger partial charge in [0.15, 0.2) is 0 Å². The van der Waals surface area contributed by atoms with Crippen molar-refractivity contribution in [2.24, 2.45) is 0 Å². The summed E-state index contributed by atoms with van der Waals surface area (Å²) in [5, 5.41) is 0. The van der Waals surface area contributed by atoms with Gasteiger partial charge in [0.05, 0.1) is 0 Å². The topological polar surface area (TPSA) is 3.24 Å². The molecule has 0 bridgehead atoms.